The van der Waals surface area contributed by atoms with Crippen molar-refractivity contribution in [3.63, 3.8) is 0 Å². The number of carbonyl (C=O) groups excluding carboxylic acids is 1. The van der Waals surface area contributed by atoms with E-state index in [2.05, 4.69) is 20.2 Å². The molecule has 3 heterocycles. The Morgan fingerprint density at radius 1 is 1.00 bits per heavy atom. The Balaban J connectivity index is 1.24. The quantitative estimate of drug-likeness (QED) is 0.325. The number of aliphatic hydroxyl groups is 1. The summed E-state index contributed by atoms with van der Waals surface area (Å²) >= 11 is 0. The van der Waals surface area contributed by atoms with Crippen LogP contribution in [0.3, 0.4) is 0 Å². The van der Waals surface area contributed by atoms with E-state index in [9.17, 15) is 23.1 Å². The van der Waals surface area contributed by atoms with Crippen LogP contribution in [-0.2, 0) is 6.18 Å². The van der Waals surface area contributed by atoms with E-state index in [1.165, 1.54) is 6.20 Å². The van der Waals surface area contributed by atoms with Gasteiger partial charge in [0.15, 0.2) is 5.69 Å². The molecule has 38 heavy (non-hydrogen) atoms. The normalized spacial score (nSPS) is 15.3. The number of amides is 1. The molecule has 2 N–H and O–H groups in total. The molecule has 1 aliphatic rings. The molecule has 1 unspecified atom stereocenters. The van der Waals surface area contributed by atoms with Crippen LogP contribution >= 0.6 is 0 Å². The first kappa shape index (κ1) is 25.5. The molecule has 1 fully saturated rings. The minimum Gasteiger partial charge on any atom is -0.430 e. The maximum atomic E-state index is 13.6. The summed E-state index contributed by atoms with van der Waals surface area (Å²) in [5, 5.41) is 13.1. The van der Waals surface area contributed by atoms with Crippen molar-refractivity contribution in [3.05, 3.63) is 96.0 Å². The minimum atomic E-state index is -4.87. The third kappa shape index (κ3) is 5.55. The summed E-state index contributed by atoms with van der Waals surface area (Å²) in [5.74, 6) is -1.47. The number of aliphatic hydroxyl groups excluding tert-OH is 1. The van der Waals surface area contributed by atoms with E-state index < -0.39 is 29.6 Å². The molecule has 7 nitrogen and oxygen atoms in total. The van der Waals surface area contributed by atoms with Crippen LogP contribution in [0.1, 0.15) is 40.8 Å². The van der Waals surface area contributed by atoms with E-state index in [1.807, 2.05) is 30.3 Å². The van der Waals surface area contributed by atoms with Crippen molar-refractivity contribution in [3.8, 4) is 11.5 Å². The van der Waals surface area contributed by atoms with Crippen LogP contribution in [-0.4, -0.2) is 34.1 Å². The lowest BCUT2D eigenvalue weighted by Gasteiger charge is -2.35. The smallest absolute Gasteiger partial charge is 0.430 e. The maximum absolute atomic E-state index is 13.6. The summed E-state index contributed by atoms with van der Waals surface area (Å²) in [6.07, 6.45) is -2.44. The summed E-state index contributed by atoms with van der Waals surface area (Å²) in [7, 11) is 0. The molecule has 1 aliphatic heterocycles. The van der Waals surface area contributed by atoms with E-state index in [4.69, 9.17) is 4.42 Å². The van der Waals surface area contributed by atoms with E-state index in [0.29, 0.717) is 24.5 Å². The Labute approximate surface area is 217 Å². The third-order valence-electron chi connectivity index (χ3n) is 6.58. The lowest BCUT2D eigenvalue weighted by atomic mass is 9.87. The Bertz CT molecular complexity index is 1370. The minimum absolute atomic E-state index is 0.137. The number of pyridine rings is 1. The van der Waals surface area contributed by atoms with Gasteiger partial charge in [0.2, 0.25) is 11.7 Å². The van der Waals surface area contributed by atoms with Gasteiger partial charge in [0.1, 0.15) is 5.82 Å². The first-order chi connectivity index (χ1) is 18.3. The standard InChI is InChI=1S/C28H25F3N4O3/c29-28(30,31)25-24(38-27(34-25)20-9-5-2-6-10-20)26(37)33-21-11-12-22(32-17-21)35-15-13-19(14-16-35)23(36)18-7-3-1-4-8-18/h1-12,17,19,23,36H,13-16H2,(H,33,37). The second-order valence-electron chi connectivity index (χ2n) is 9.10. The largest absolute Gasteiger partial charge is 0.437 e. The number of anilines is 2. The zero-order valence-electron chi connectivity index (χ0n) is 20.2. The van der Waals surface area contributed by atoms with Crippen molar-refractivity contribution in [2.75, 3.05) is 23.3 Å². The fourth-order valence-electron chi connectivity index (χ4n) is 4.57. The molecule has 1 amide bonds. The molecule has 196 valence electrons. The number of hydrogen-bond donors (Lipinski definition) is 2. The predicted molar refractivity (Wildman–Crippen MR) is 135 cm³/mol. The Morgan fingerprint density at radius 2 is 1.66 bits per heavy atom. The van der Waals surface area contributed by atoms with Gasteiger partial charge in [-0.15, -0.1) is 0 Å². The van der Waals surface area contributed by atoms with Gasteiger partial charge in [0.05, 0.1) is 18.0 Å². The molecule has 1 saturated heterocycles. The highest BCUT2D eigenvalue weighted by Gasteiger charge is 2.41. The lowest BCUT2D eigenvalue weighted by molar-refractivity contribution is -0.141. The molecule has 5 rings (SSSR count). The number of nitrogens with zero attached hydrogens (tertiary/aromatic N) is 3. The van der Waals surface area contributed by atoms with Crippen molar-refractivity contribution in [1.82, 2.24) is 9.97 Å². The number of hydrogen-bond acceptors (Lipinski definition) is 6. The van der Waals surface area contributed by atoms with Gasteiger partial charge in [-0.05, 0) is 48.6 Å². The first-order valence-electron chi connectivity index (χ1n) is 12.2. The molecule has 0 aliphatic carbocycles. The van der Waals surface area contributed by atoms with E-state index in [-0.39, 0.29) is 17.5 Å². The van der Waals surface area contributed by atoms with Crippen LogP contribution in [0.2, 0.25) is 0 Å². The second kappa shape index (κ2) is 10.7. The van der Waals surface area contributed by atoms with Gasteiger partial charge in [-0.3, -0.25) is 4.79 Å². The van der Waals surface area contributed by atoms with E-state index in [1.54, 1.807) is 42.5 Å². The van der Waals surface area contributed by atoms with E-state index >= 15 is 0 Å². The highest BCUT2D eigenvalue weighted by Crippen LogP contribution is 2.35. The number of nitrogens with one attached hydrogen (secondary N) is 1. The number of oxazole rings is 1. The van der Waals surface area contributed by atoms with Crippen LogP contribution in [0.25, 0.3) is 11.5 Å². The molecule has 1 atom stereocenters. The number of rotatable bonds is 6. The van der Waals surface area contributed by atoms with Crippen LogP contribution in [0.4, 0.5) is 24.7 Å². The number of halogens is 3. The van der Waals surface area contributed by atoms with Gasteiger partial charge in [-0.2, -0.15) is 13.2 Å². The number of alkyl halides is 3. The van der Waals surface area contributed by atoms with Crippen molar-refractivity contribution < 1.29 is 27.5 Å². The summed E-state index contributed by atoms with van der Waals surface area (Å²) in [4.78, 5) is 22.7. The molecule has 2 aromatic heterocycles. The van der Waals surface area contributed by atoms with Crippen molar-refractivity contribution in [2.24, 2.45) is 5.92 Å². The monoisotopic (exact) mass is 522 g/mol. The molecule has 0 saturated carbocycles. The van der Waals surface area contributed by atoms with Gasteiger partial charge >= 0.3 is 6.18 Å². The Morgan fingerprint density at radius 3 is 2.26 bits per heavy atom. The Kier molecular flexibility index (Phi) is 7.15. The topological polar surface area (TPSA) is 91.5 Å². The molecule has 0 spiro atoms. The molecular formula is C28H25F3N4O3. The fourth-order valence-corrected chi connectivity index (χ4v) is 4.57. The van der Waals surface area contributed by atoms with Crippen molar-refractivity contribution in [1.29, 1.82) is 0 Å². The predicted octanol–water partition coefficient (Wildman–Crippen LogP) is 5.96. The maximum Gasteiger partial charge on any atom is 0.437 e. The Hall–Kier alpha value is -4.18. The first-order valence-corrected chi connectivity index (χ1v) is 12.2. The SMILES string of the molecule is O=C(Nc1ccc(N2CCC(C(O)c3ccccc3)CC2)nc1)c1oc(-c2ccccc2)nc1C(F)(F)F. The molecule has 10 heteroatoms. The lowest BCUT2D eigenvalue weighted by Crippen LogP contribution is -2.36. The average molecular weight is 523 g/mol. The van der Waals surface area contributed by atoms with Crippen LogP contribution in [0, 0.1) is 5.92 Å². The van der Waals surface area contributed by atoms with Crippen LogP contribution in [0.15, 0.2) is 83.4 Å². The van der Waals surface area contributed by atoms with Crippen LogP contribution < -0.4 is 10.2 Å². The van der Waals surface area contributed by atoms with Crippen LogP contribution in [0.5, 0.6) is 0 Å². The van der Waals surface area contributed by atoms with Gasteiger partial charge < -0.3 is 19.7 Å². The average Bonchev–Trinajstić information content (AvgIpc) is 3.41. The number of benzene rings is 2. The fraction of sp³-hybridized carbons (Fsp3) is 0.250. The highest BCUT2D eigenvalue weighted by atomic mass is 19.4. The summed E-state index contributed by atoms with van der Waals surface area (Å²) in [6, 6.07) is 20.9. The van der Waals surface area contributed by atoms with Gasteiger partial charge in [-0.1, -0.05) is 48.5 Å². The number of piperidine rings is 1. The van der Waals surface area contributed by atoms with Gasteiger partial charge in [0, 0.05) is 18.7 Å². The third-order valence-corrected chi connectivity index (χ3v) is 6.58. The summed E-state index contributed by atoms with van der Waals surface area (Å²) < 4.78 is 46.0. The molecule has 0 bridgehead atoms. The van der Waals surface area contributed by atoms with Gasteiger partial charge in [-0.25, -0.2) is 9.97 Å². The van der Waals surface area contributed by atoms with E-state index in [0.717, 1.165) is 18.4 Å². The summed E-state index contributed by atoms with van der Waals surface area (Å²) in [5.41, 5.74) is 0.0570. The zero-order valence-corrected chi connectivity index (χ0v) is 20.2. The van der Waals surface area contributed by atoms with Crippen molar-refractivity contribution >= 4 is 17.4 Å². The highest BCUT2D eigenvalue weighted by molar-refractivity contribution is 6.03. The molecule has 4 aromatic rings. The van der Waals surface area contributed by atoms with Gasteiger partial charge in [0.25, 0.3) is 5.91 Å². The number of carbonyl (C=O) groups is 1. The molecule has 2 aromatic carbocycles. The molecule has 0 radical (unpaired) electrons. The summed E-state index contributed by atoms with van der Waals surface area (Å²) in [6.45, 7) is 1.39. The second-order valence-corrected chi connectivity index (χ2v) is 9.10. The zero-order chi connectivity index (χ0) is 26.7. The molecular weight excluding hydrogens is 497 g/mol. The van der Waals surface area contributed by atoms with Crippen molar-refractivity contribution in [2.45, 2.75) is 25.1 Å². The number of aromatic nitrogens is 2.